The Morgan fingerprint density at radius 3 is 2.18 bits per heavy atom. The number of nitrogens with zero attached hydrogens (tertiary/aromatic N) is 1. The van der Waals surface area contributed by atoms with Crippen molar-refractivity contribution in [3.63, 3.8) is 0 Å². The van der Waals surface area contributed by atoms with Crippen LogP contribution in [0.1, 0.15) is 11.1 Å². The highest BCUT2D eigenvalue weighted by molar-refractivity contribution is 7.98. The van der Waals surface area contributed by atoms with Gasteiger partial charge in [0.25, 0.3) is 10.0 Å². The molecule has 3 rings (SSSR count). The molecule has 0 fully saturated rings. The molecule has 0 unspecified atom stereocenters. The molecule has 0 aliphatic carbocycles. The van der Waals surface area contributed by atoms with Crippen LogP contribution in [-0.2, 0) is 21.2 Å². The Labute approximate surface area is 200 Å². The number of carbonyl (C=O) groups excluding carboxylic acids is 1. The Bertz CT molecular complexity index is 1160. The Morgan fingerprint density at radius 2 is 1.61 bits per heavy atom. The summed E-state index contributed by atoms with van der Waals surface area (Å²) in [6, 6.07) is 21.4. The third-order valence-corrected chi connectivity index (χ3v) is 7.68. The smallest absolute Gasteiger partial charge is 0.264 e. The molecule has 0 saturated heterocycles. The van der Waals surface area contributed by atoms with E-state index in [1.54, 1.807) is 43.5 Å². The molecule has 0 spiro atoms. The molecule has 0 saturated carbocycles. The number of carbonyl (C=O) groups is 1. The minimum absolute atomic E-state index is 0.145. The van der Waals surface area contributed by atoms with Gasteiger partial charge >= 0.3 is 0 Å². The standard InChI is InChI=1S/C25H28N2O4S2/c1-19-4-8-21(9-5-19)27(33(29,30)24-14-12-23(32-3)13-15-24)18-25(28)26-17-16-20-6-10-22(31-2)11-7-20/h4-15H,16-18H2,1-3H3,(H,26,28). The normalized spacial score (nSPS) is 11.1. The molecule has 0 aliphatic rings. The van der Waals surface area contributed by atoms with Crippen molar-refractivity contribution in [1.82, 2.24) is 5.32 Å². The van der Waals surface area contributed by atoms with Crippen LogP contribution in [0.15, 0.2) is 82.6 Å². The molecule has 0 bridgehead atoms. The lowest BCUT2D eigenvalue weighted by molar-refractivity contribution is -0.119. The Hall–Kier alpha value is -2.97. The molecule has 3 aromatic carbocycles. The molecule has 0 radical (unpaired) electrons. The van der Waals surface area contributed by atoms with Crippen molar-refractivity contribution in [3.8, 4) is 5.75 Å². The second kappa shape index (κ2) is 11.2. The van der Waals surface area contributed by atoms with E-state index in [4.69, 9.17) is 4.74 Å². The Kier molecular flexibility index (Phi) is 8.41. The number of hydrogen-bond acceptors (Lipinski definition) is 5. The number of sulfonamides is 1. The summed E-state index contributed by atoms with van der Waals surface area (Å²) in [4.78, 5) is 13.8. The van der Waals surface area contributed by atoms with Crippen LogP contribution < -0.4 is 14.4 Å². The van der Waals surface area contributed by atoms with E-state index in [-0.39, 0.29) is 17.3 Å². The Morgan fingerprint density at radius 1 is 0.970 bits per heavy atom. The van der Waals surface area contributed by atoms with Gasteiger partial charge in [-0.1, -0.05) is 29.8 Å². The molecule has 8 heteroatoms. The summed E-state index contributed by atoms with van der Waals surface area (Å²) in [5.41, 5.74) is 2.50. The number of ether oxygens (including phenoxy) is 1. The van der Waals surface area contributed by atoms with Crippen molar-refractivity contribution >= 4 is 33.4 Å². The second-order valence-corrected chi connectivity index (χ2v) is 10.2. The van der Waals surface area contributed by atoms with Gasteiger partial charge in [-0.25, -0.2) is 8.42 Å². The number of amides is 1. The van der Waals surface area contributed by atoms with Crippen molar-refractivity contribution < 1.29 is 17.9 Å². The van der Waals surface area contributed by atoms with Gasteiger partial charge in [0.2, 0.25) is 5.91 Å². The van der Waals surface area contributed by atoms with E-state index in [2.05, 4.69) is 5.32 Å². The summed E-state index contributed by atoms with van der Waals surface area (Å²) in [6.45, 7) is 2.02. The fourth-order valence-corrected chi connectivity index (χ4v) is 5.06. The van der Waals surface area contributed by atoms with Crippen molar-refractivity contribution in [1.29, 1.82) is 0 Å². The summed E-state index contributed by atoms with van der Waals surface area (Å²) in [5.74, 6) is 0.403. The average Bonchev–Trinajstić information content (AvgIpc) is 2.83. The van der Waals surface area contributed by atoms with E-state index in [1.165, 1.54) is 11.8 Å². The van der Waals surface area contributed by atoms with Crippen LogP contribution in [0.25, 0.3) is 0 Å². The monoisotopic (exact) mass is 484 g/mol. The number of nitrogens with one attached hydrogen (secondary N) is 1. The van der Waals surface area contributed by atoms with E-state index in [9.17, 15) is 13.2 Å². The fraction of sp³-hybridized carbons (Fsp3) is 0.240. The SMILES string of the molecule is COc1ccc(CCNC(=O)CN(c2ccc(C)cc2)S(=O)(=O)c2ccc(SC)cc2)cc1. The van der Waals surface area contributed by atoms with Crippen molar-refractivity contribution in [2.75, 3.05) is 30.8 Å². The van der Waals surface area contributed by atoms with Gasteiger partial charge in [0.15, 0.2) is 0 Å². The number of hydrogen-bond donors (Lipinski definition) is 1. The molecule has 6 nitrogen and oxygen atoms in total. The predicted molar refractivity (Wildman–Crippen MR) is 134 cm³/mol. The second-order valence-electron chi connectivity index (χ2n) is 7.47. The number of anilines is 1. The van der Waals surface area contributed by atoms with Crippen LogP contribution in [0, 0.1) is 6.92 Å². The van der Waals surface area contributed by atoms with Gasteiger partial charge in [0.05, 0.1) is 17.7 Å². The fourth-order valence-electron chi connectivity index (χ4n) is 3.23. The molecule has 0 aromatic heterocycles. The lowest BCUT2D eigenvalue weighted by atomic mass is 10.1. The van der Waals surface area contributed by atoms with Crippen LogP contribution in [0.4, 0.5) is 5.69 Å². The molecule has 3 aromatic rings. The first-order valence-corrected chi connectivity index (χ1v) is 13.1. The lowest BCUT2D eigenvalue weighted by Crippen LogP contribution is -2.41. The van der Waals surface area contributed by atoms with Crippen molar-refractivity contribution in [2.45, 2.75) is 23.1 Å². The predicted octanol–water partition coefficient (Wildman–Crippen LogP) is 4.28. The molecule has 0 aliphatic heterocycles. The van der Waals surface area contributed by atoms with Crippen LogP contribution >= 0.6 is 11.8 Å². The minimum atomic E-state index is -3.92. The van der Waals surface area contributed by atoms with Crippen LogP contribution in [0.3, 0.4) is 0 Å². The highest BCUT2D eigenvalue weighted by Crippen LogP contribution is 2.25. The first kappa shape index (κ1) is 24.7. The third kappa shape index (κ3) is 6.52. The van der Waals surface area contributed by atoms with Gasteiger partial charge in [-0.15, -0.1) is 11.8 Å². The van der Waals surface area contributed by atoms with Crippen LogP contribution in [0.5, 0.6) is 5.75 Å². The van der Waals surface area contributed by atoms with Gasteiger partial charge in [-0.2, -0.15) is 0 Å². The molecule has 0 atom stereocenters. The number of aryl methyl sites for hydroxylation is 1. The summed E-state index contributed by atoms with van der Waals surface area (Å²) in [6.07, 6.45) is 2.56. The lowest BCUT2D eigenvalue weighted by Gasteiger charge is -2.24. The van der Waals surface area contributed by atoms with Gasteiger partial charge < -0.3 is 10.1 Å². The largest absolute Gasteiger partial charge is 0.497 e. The minimum Gasteiger partial charge on any atom is -0.497 e. The topological polar surface area (TPSA) is 75.7 Å². The maximum atomic E-state index is 13.4. The van der Waals surface area contributed by atoms with Crippen LogP contribution in [0.2, 0.25) is 0 Å². The van der Waals surface area contributed by atoms with Gasteiger partial charge in [0, 0.05) is 11.4 Å². The zero-order chi connectivity index (χ0) is 23.8. The van der Waals surface area contributed by atoms with E-state index >= 15 is 0 Å². The first-order valence-electron chi connectivity index (χ1n) is 10.5. The van der Waals surface area contributed by atoms with Gasteiger partial charge in [0.1, 0.15) is 12.3 Å². The molecular weight excluding hydrogens is 456 g/mol. The number of benzene rings is 3. The molecular formula is C25H28N2O4S2. The van der Waals surface area contributed by atoms with Crippen molar-refractivity contribution in [3.05, 3.63) is 83.9 Å². The quantitative estimate of drug-likeness (QED) is 0.435. The van der Waals surface area contributed by atoms with E-state index in [0.29, 0.717) is 18.7 Å². The van der Waals surface area contributed by atoms with E-state index in [1.807, 2.05) is 49.6 Å². The molecule has 1 N–H and O–H groups in total. The molecule has 1 amide bonds. The average molecular weight is 485 g/mol. The summed E-state index contributed by atoms with van der Waals surface area (Å²) in [7, 11) is -2.31. The highest BCUT2D eigenvalue weighted by atomic mass is 32.2. The van der Waals surface area contributed by atoms with Gasteiger partial charge in [-0.3, -0.25) is 9.10 Å². The summed E-state index contributed by atoms with van der Waals surface area (Å²) in [5, 5.41) is 2.83. The number of methoxy groups -OCH3 is 1. The summed E-state index contributed by atoms with van der Waals surface area (Å²) < 4.78 is 33.2. The molecule has 33 heavy (non-hydrogen) atoms. The third-order valence-electron chi connectivity index (χ3n) is 5.15. The zero-order valence-corrected chi connectivity index (χ0v) is 20.6. The molecule has 174 valence electrons. The van der Waals surface area contributed by atoms with Crippen LogP contribution in [-0.4, -0.2) is 40.8 Å². The number of thioether (sulfide) groups is 1. The van der Waals surface area contributed by atoms with E-state index in [0.717, 1.165) is 26.1 Å². The number of rotatable bonds is 10. The van der Waals surface area contributed by atoms with Gasteiger partial charge in [-0.05, 0) is 73.7 Å². The zero-order valence-electron chi connectivity index (χ0n) is 18.9. The Balaban J connectivity index is 1.74. The van der Waals surface area contributed by atoms with E-state index < -0.39 is 10.0 Å². The summed E-state index contributed by atoms with van der Waals surface area (Å²) >= 11 is 1.53. The first-order chi connectivity index (χ1) is 15.8. The maximum absolute atomic E-state index is 13.4. The maximum Gasteiger partial charge on any atom is 0.264 e. The highest BCUT2D eigenvalue weighted by Gasteiger charge is 2.27. The van der Waals surface area contributed by atoms with Crippen molar-refractivity contribution in [2.24, 2.45) is 0 Å². The molecule has 0 heterocycles.